The number of aryl methyl sites for hydroxylation is 2. The van der Waals surface area contributed by atoms with Gasteiger partial charge in [0.25, 0.3) is 0 Å². The standard InChI is InChI=1S/C16H11BrF6O/c1-8-3-4-9(2)14(13(8)17)24-12-6-10(15(18,19)20)5-11(7-12)16(21,22)23/h3-7H,1-2H3. The van der Waals surface area contributed by atoms with Crippen LogP contribution in [0.5, 0.6) is 11.5 Å². The van der Waals surface area contributed by atoms with E-state index in [0.717, 1.165) is 5.56 Å². The number of hydrogen-bond acceptors (Lipinski definition) is 1. The molecule has 130 valence electrons. The van der Waals surface area contributed by atoms with E-state index in [0.29, 0.717) is 22.2 Å². The van der Waals surface area contributed by atoms with Gasteiger partial charge in [-0.2, -0.15) is 26.3 Å². The van der Waals surface area contributed by atoms with Crippen LogP contribution in [0.1, 0.15) is 22.3 Å². The molecule has 0 saturated carbocycles. The average Bonchev–Trinajstić information content (AvgIpc) is 2.45. The van der Waals surface area contributed by atoms with Crippen molar-refractivity contribution in [2.45, 2.75) is 26.2 Å². The van der Waals surface area contributed by atoms with E-state index < -0.39 is 29.2 Å². The highest BCUT2D eigenvalue weighted by Crippen LogP contribution is 2.41. The molecule has 8 heteroatoms. The summed E-state index contributed by atoms with van der Waals surface area (Å²) < 4.78 is 83.0. The van der Waals surface area contributed by atoms with E-state index in [-0.39, 0.29) is 11.8 Å². The maximum Gasteiger partial charge on any atom is 0.416 e. The zero-order valence-electron chi connectivity index (χ0n) is 12.4. The van der Waals surface area contributed by atoms with Crippen LogP contribution in [0, 0.1) is 13.8 Å². The van der Waals surface area contributed by atoms with Crippen molar-refractivity contribution in [3.63, 3.8) is 0 Å². The molecule has 0 aliphatic carbocycles. The van der Waals surface area contributed by atoms with Gasteiger partial charge in [0.1, 0.15) is 11.5 Å². The minimum absolute atomic E-state index is 0.0605. The molecule has 1 nitrogen and oxygen atoms in total. The Morgan fingerprint density at radius 2 is 1.25 bits per heavy atom. The van der Waals surface area contributed by atoms with Crippen LogP contribution in [-0.4, -0.2) is 0 Å². The molecule has 0 bridgehead atoms. The van der Waals surface area contributed by atoms with Crippen LogP contribution in [0.2, 0.25) is 0 Å². The SMILES string of the molecule is Cc1ccc(C)c(Oc2cc(C(F)(F)F)cc(C(F)(F)F)c2)c1Br. The van der Waals surface area contributed by atoms with Crippen molar-refractivity contribution in [1.29, 1.82) is 0 Å². The van der Waals surface area contributed by atoms with Gasteiger partial charge in [0.2, 0.25) is 0 Å². The molecule has 0 aromatic heterocycles. The maximum absolute atomic E-state index is 12.9. The monoisotopic (exact) mass is 412 g/mol. The Hall–Kier alpha value is -1.70. The first-order valence-electron chi connectivity index (χ1n) is 6.62. The van der Waals surface area contributed by atoms with Crippen LogP contribution in [-0.2, 0) is 12.4 Å². The predicted octanol–water partition coefficient (Wildman–Crippen LogP) is 6.90. The minimum Gasteiger partial charge on any atom is -0.456 e. The zero-order chi connectivity index (χ0) is 18.3. The third kappa shape index (κ3) is 4.03. The second kappa shape index (κ2) is 6.31. The number of benzene rings is 2. The molecule has 2 aromatic rings. The summed E-state index contributed by atoms with van der Waals surface area (Å²) >= 11 is 3.24. The molecule has 2 rings (SSSR count). The topological polar surface area (TPSA) is 9.23 Å². The molecule has 2 aromatic carbocycles. The predicted molar refractivity (Wildman–Crippen MR) is 80.1 cm³/mol. The van der Waals surface area contributed by atoms with Crippen LogP contribution in [0.3, 0.4) is 0 Å². The number of hydrogen-bond donors (Lipinski definition) is 0. The zero-order valence-corrected chi connectivity index (χ0v) is 14.0. The number of ether oxygens (including phenoxy) is 1. The molecular weight excluding hydrogens is 402 g/mol. The molecule has 0 fully saturated rings. The Morgan fingerprint density at radius 1 is 0.792 bits per heavy atom. The Labute approximate surface area is 142 Å². The highest BCUT2D eigenvalue weighted by Gasteiger charge is 2.37. The van der Waals surface area contributed by atoms with Crippen LogP contribution < -0.4 is 4.74 Å². The Bertz CT molecular complexity index is 732. The highest BCUT2D eigenvalue weighted by molar-refractivity contribution is 9.10. The van der Waals surface area contributed by atoms with Crippen molar-refractivity contribution in [1.82, 2.24) is 0 Å². The first-order chi connectivity index (χ1) is 10.9. The quantitative estimate of drug-likeness (QED) is 0.487. The average molecular weight is 413 g/mol. The Morgan fingerprint density at radius 3 is 1.71 bits per heavy atom. The van der Waals surface area contributed by atoms with Gasteiger partial charge in [0.15, 0.2) is 0 Å². The lowest BCUT2D eigenvalue weighted by Crippen LogP contribution is -2.11. The van der Waals surface area contributed by atoms with Crippen molar-refractivity contribution >= 4 is 15.9 Å². The third-order valence-electron chi connectivity index (χ3n) is 3.27. The maximum atomic E-state index is 12.9. The van der Waals surface area contributed by atoms with Gasteiger partial charge in [0, 0.05) is 0 Å². The molecule has 0 radical (unpaired) electrons. The van der Waals surface area contributed by atoms with Crippen LogP contribution in [0.25, 0.3) is 0 Å². The largest absolute Gasteiger partial charge is 0.456 e. The summed E-state index contributed by atoms with van der Waals surface area (Å²) in [5.74, 6) is -0.367. The summed E-state index contributed by atoms with van der Waals surface area (Å²) in [4.78, 5) is 0. The van der Waals surface area contributed by atoms with Gasteiger partial charge in [-0.05, 0) is 59.1 Å². The Kier molecular flexibility index (Phi) is 4.90. The van der Waals surface area contributed by atoms with Crippen LogP contribution >= 0.6 is 15.9 Å². The smallest absolute Gasteiger partial charge is 0.416 e. The Balaban J connectivity index is 2.57. The summed E-state index contributed by atoms with van der Waals surface area (Å²) in [6, 6.07) is 4.56. The van der Waals surface area contributed by atoms with E-state index in [2.05, 4.69) is 15.9 Å². The summed E-state index contributed by atoms with van der Waals surface area (Å²) in [5, 5.41) is 0. The number of alkyl halides is 6. The number of rotatable bonds is 2. The summed E-state index contributed by atoms with van der Waals surface area (Å²) in [5.41, 5.74) is -1.54. The van der Waals surface area contributed by atoms with Crippen molar-refractivity contribution in [2.75, 3.05) is 0 Å². The summed E-state index contributed by atoms with van der Waals surface area (Å²) in [6.45, 7) is 3.36. The molecule has 0 aliphatic rings. The van der Waals surface area contributed by atoms with Crippen LogP contribution in [0.4, 0.5) is 26.3 Å². The number of halogens is 7. The van der Waals surface area contributed by atoms with Crippen molar-refractivity contribution in [2.24, 2.45) is 0 Å². The highest BCUT2D eigenvalue weighted by atomic mass is 79.9. The molecule has 0 amide bonds. The molecule has 0 spiro atoms. The van der Waals surface area contributed by atoms with Gasteiger partial charge in [-0.3, -0.25) is 0 Å². The summed E-state index contributed by atoms with van der Waals surface area (Å²) in [7, 11) is 0. The molecular formula is C16H11BrF6O. The lowest BCUT2D eigenvalue weighted by atomic mass is 10.1. The molecule has 0 heterocycles. The summed E-state index contributed by atoms with van der Waals surface area (Å²) in [6.07, 6.45) is -9.84. The molecule has 0 atom stereocenters. The van der Waals surface area contributed by atoms with Gasteiger partial charge in [-0.1, -0.05) is 12.1 Å². The molecule has 0 unspecified atom stereocenters. The van der Waals surface area contributed by atoms with Gasteiger partial charge in [0.05, 0.1) is 15.6 Å². The van der Waals surface area contributed by atoms with E-state index in [9.17, 15) is 26.3 Å². The molecule has 0 N–H and O–H groups in total. The van der Waals surface area contributed by atoms with Crippen LogP contribution in [0.15, 0.2) is 34.8 Å². The fourth-order valence-electron chi connectivity index (χ4n) is 1.98. The van der Waals surface area contributed by atoms with E-state index in [1.165, 1.54) is 0 Å². The molecule has 0 saturated heterocycles. The first-order valence-corrected chi connectivity index (χ1v) is 7.42. The van der Waals surface area contributed by atoms with E-state index in [4.69, 9.17) is 4.74 Å². The lowest BCUT2D eigenvalue weighted by Gasteiger charge is -2.16. The van der Waals surface area contributed by atoms with Crippen molar-refractivity contribution < 1.29 is 31.1 Å². The molecule has 24 heavy (non-hydrogen) atoms. The normalized spacial score (nSPS) is 12.4. The minimum atomic E-state index is -4.92. The van der Waals surface area contributed by atoms with Gasteiger partial charge < -0.3 is 4.74 Å². The van der Waals surface area contributed by atoms with Gasteiger partial charge in [-0.15, -0.1) is 0 Å². The van der Waals surface area contributed by atoms with Gasteiger partial charge in [-0.25, -0.2) is 0 Å². The first kappa shape index (κ1) is 18.6. The van der Waals surface area contributed by atoms with Gasteiger partial charge >= 0.3 is 12.4 Å². The van der Waals surface area contributed by atoms with E-state index >= 15 is 0 Å². The second-order valence-corrected chi connectivity index (χ2v) is 5.98. The fraction of sp³-hybridized carbons (Fsp3) is 0.250. The lowest BCUT2D eigenvalue weighted by molar-refractivity contribution is -0.143. The van der Waals surface area contributed by atoms with E-state index in [1.54, 1.807) is 26.0 Å². The molecule has 0 aliphatic heterocycles. The second-order valence-electron chi connectivity index (χ2n) is 5.19. The fourth-order valence-corrected chi connectivity index (χ4v) is 2.51. The van der Waals surface area contributed by atoms with E-state index in [1.807, 2.05) is 0 Å². The van der Waals surface area contributed by atoms with Crippen molar-refractivity contribution in [3.05, 3.63) is 57.1 Å². The third-order valence-corrected chi connectivity index (χ3v) is 4.25. The van der Waals surface area contributed by atoms with Crippen molar-refractivity contribution in [3.8, 4) is 11.5 Å².